The predicted molar refractivity (Wildman–Crippen MR) is 111 cm³/mol. The fourth-order valence-electron chi connectivity index (χ4n) is 2.97. The van der Waals surface area contributed by atoms with Crippen LogP contribution in [0.3, 0.4) is 0 Å². The summed E-state index contributed by atoms with van der Waals surface area (Å²) in [5.41, 5.74) is 8.04. The molecule has 0 unspecified atom stereocenters. The summed E-state index contributed by atoms with van der Waals surface area (Å²) >= 11 is 6.02. The molecular weight excluding hydrogens is 396 g/mol. The monoisotopic (exact) mass is 416 g/mol. The molecule has 0 spiro atoms. The standard InChI is InChI=1S/C21H21ClN2O3S/c1-27-18-13-12-17(22)14-19(18)28(25,26)24-21(16-10-6-3-7-11-16)20(23)15-8-4-2-5-9-15/h2-14,20-21,24H,23H2,1H3/t20-,21+/m1/s1. The Bertz CT molecular complexity index is 1030. The first-order chi connectivity index (χ1) is 13.4. The van der Waals surface area contributed by atoms with Crippen molar-refractivity contribution in [2.24, 2.45) is 5.73 Å². The van der Waals surface area contributed by atoms with Gasteiger partial charge >= 0.3 is 0 Å². The van der Waals surface area contributed by atoms with Crippen LogP contribution in [-0.2, 0) is 10.0 Å². The SMILES string of the molecule is COc1ccc(Cl)cc1S(=O)(=O)N[C@@H](c1ccccc1)[C@H](N)c1ccccc1. The van der Waals surface area contributed by atoms with Crippen molar-refractivity contribution in [2.45, 2.75) is 17.0 Å². The zero-order chi connectivity index (χ0) is 20.1. The topological polar surface area (TPSA) is 81.4 Å². The molecule has 28 heavy (non-hydrogen) atoms. The lowest BCUT2D eigenvalue weighted by Gasteiger charge is -2.26. The van der Waals surface area contributed by atoms with E-state index in [1.807, 2.05) is 60.7 Å². The number of sulfonamides is 1. The maximum absolute atomic E-state index is 13.2. The van der Waals surface area contributed by atoms with E-state index >= 15 is 0 Å². The van der Waals surface area contributed by atoms with Crippen molar-refractivity contribution in [1.29, 1.82) is 0 Å². The molecule has 0 heterocycles. The zero-order valence-corrected chi connectivity index (χ0v) is 16.8. The van der Waals surface area contributed by atoms with Crippen LogP contribution in [0.1, 0.15) is 23.2 Å². The number of rotatable bonds is 7. The maximum Gasteiger partial charge on any atom is 0.244 e. The van der Waals surface area contributed by atoms with Crippen LogP contribution in [0.2, 0.25) is 5.02 Å². The fourth-order valence-corrected chi connectivity index (χ4v) is 4.65. The number of benzene rings is 3. The van der Waals surface area contributed by atoms with Crippen molar-refractivity contribution in [2.75, 3.05) is 7.11 Å². The molecule has 0 bridgehead atoms. The van der Waals surface area contributed by atoms with E-state index in [0.717, 1.165) is 11.1 Å². The van der Waals surface area contributed by atoms with Gasteiger partial charge in [-0.25, -0.2) is 13.1 Å². The van der Waals surface area contributed by atoms with Crippen LogP contribution in [0.15, 0.2) is 83.8 Å². The number of halogens is 1. The molecule has 5 nitrogen and oxygen atoms in total. The van der Waals surface area contributed by atoms with Crippen molar-refractivity contribution < 1.29 is 13.2 Å². The maximum atomic E-state index is 13.2. The minimum Gasteiger partial charge on any atom is -0.495 e. The average molecular weight is 417 g/mol. The summed E-state index contributed by atoms with van der Waals surface area (Å²) in [6.45, 7) is 0. The molecule has 0 aromatic heterocycles. The van der Waals surface area contributed by atoms with Gasteiger partial charge in [-0.1, -0.05) is 72.3 Å². The highest BCUT2D eigenvalue weighted by Gasteiger charge is 2.29. The Kier molecular flexibility index (Phi) is 6.36. The van der Waals surface area contributed by atoms with Gasteiger partial charge in [0.05, 0.1) is 19.2 Å². The van der Waals surface area contributed by atoms with E-state index < -0.39 is 22.1 Å². The van der Waals surface area contributed by atoms with Gasteiger partial charge in [-0.15, -0.1) is 0 Å². The van der Waals surface area contributed by atoms with Crippen molar-refractivity contribution in [3.05, 3.63) is 95.0 Å². The van der Waals surface area contributed by atoms with E-state index in [2.05, 4.69) is 4.72 Å². The van der Waals surface area contributed by atoms with Gasteiger partial charge in [0.1, 0.15) is 10.6 Å². The summed E-state index contributed by atoms with van der Waals surface area (Å²) in [4.78, 5) is -0.0382. The van der Waals surface area contributed by atoms with E-state index in [9.17, 15) is 8.42 Å². The van der Waals surface area contributed by atoms with Gasteiger partial charge in [-0.2, -0.15) is 0 Å². The third-order valence-corrected chi connectivity index (χ3v) is 6.10. The van der Waals surface area contributed by atoms with Crippen molar-refractivity contribution in [3.8, 4) is 5.75 Å². The molecule has 3 aromatic carbocycles. The first-order valence-corrected chi connectivity index (χ1v) is 10.5. The molecule has 7 heteroatoms. The number of ether oxygens (including phenoxy) is 1. The Morgan fingerprint density at radius 3 is 2.07 bits per heavy atom. The second-order valence-electron chi connectivity index (χ2n) is 6.24. The highest BCUT2D eigenvalue weighted by atomic mass is 35.5. The normalized spacial score (nSPS) is 13.7. The molecule has 146 valence electrons. The summed E-state index contributed by atoms with van der Waals surface area (Å²) in [5.74, 6) is 0.206. The van der Waals surface area contributed by atoms with Crippen LogP contribution in [0.25, 0.3) is 0 Å². The number of nitrogens with one attached hydrogen (secondary N) is 1. The summed E-state index contributed by atoms with van der Waals surface area (Å²) < 4.78 is 34.3. The van der Waals surface area contributed by atoms with Gasteiger partial charge in [0.25, 0.3) is 0 Å². The van der Waals surface area contributed by atoms with Crippen LogP contribution in [-0.4, -0.2) is 15.5 Å². The third kappa shape index (κ3) is 4.54. The molecule has 3 rings (SSSR count). The summed E-state index contributed by atoms with van der Waals surface area (Å²) in [6.07, 6.45) is 0. The lowest BCUT2D eigenvalue weighted by molar-refractivity contribution is 0.401. The highest BCUT2D eigenvalue weighted by molar-refractivity contribution is 7.89. The molecule has 3 aromatic rings. The molecular formula is C21H21ClN2O3S. The van der Waals surface area contributed by atoms with Crippen LogP contribution in [0.4, 0.5) is 0 Å². The minimum atomic E-state index is -3.97. The van der Waals surface area contributed by atoms with Crippen molar-refractivity contribution >= 4 is 21.6 Å². The molecule has 0 saturated heterocycles. The number of hydrogen-bond donors (Lipinski definition) is 2. The minimum absolute atomic E-state index is 0.0382. The van der Waals surface area contributed by atoms with E-state index in [4.69, 9.17) is 22.1 Å². The van der Waals surface area contributed by atoms with Crippen LogP contribution in [0.5, 0.6) is 5.75 Å². The molecule has 2 atom stereocenters. The van der Waals surface area contributed by atoms with E-state index in [1.54, 1.807) is 6.07 Å². The van der Waals surface area contributed by atoms with E-state index in [-0.39, 0.29) is 10.6 Å². The van der Waals surface area contributed by atoms with Gasteiger partial charge in [-0.05, 0) is 29.3 Å². The predicted octanol–water partition coefficient (Wildman–Crippen LogP) is 4.07. The molecule has 0 radical (unpaired) electrons. The Hall–Kier alpha value is -2.38. The Morgan fingerprint density at radius 2 is 1.50 bits per heavy atom. The first kappa shape index (κ1) is 20.4. The van der Waals surface area contributed by atoms with Crippen molar-refractivity contribution in [3.63, 3.8) is 0 Å². The zero-order valence-electron chi connectivity index (χ0n) is 15.2. The summed E-state index contributed by atoms with van der Waals surface area (Å²) in [6, 6.07) is 21.8. The number of hydrogen-bond acceptors (Lipinski definition) is 4. The summed E-state index contributed by atoms with van der Waals surface area (Å²) in [7, 11) is -2.56. The molecule has 0 saturated carbocycles. The smallest absolute Gasteiger partial charge is 0.244 e. The third-order valence-electron chi connectivity index (χ3n) is 4.40. The van der Waals surface area contributed by atoms with Gasteiger partial charge in [-0.3, -0.25) is 0 Å². The van der Waals surface area contributed by atoms with Crippen LogP contribution < -0.4 is 15.2 Å². The Balaban J connectivity index is 2.03. The number of nitrogens with two attached hydrogens (primary N) is 1. The second-order valence-corrected chi connectivity index (χ2v) is 8.36. The largest absolute Gasteiger partial charge is 0.495 e. The summed E-state index contributed by atoms with van der Waals surface area (Å²) in [5, 5.41) is 0.296. The first-order valence-electron chi connectivity index (χ1n) is 8.64. The highest BCUT2D eigenvalue weighted by Crippen LogP contribution is 2.32. The lowest BCUT2D eigenvalue weighted by atomic mass is 9.95. The van der Waals surface area contributed by atoms with Crippen LogP contribution in [0, 0.1) is 0 Å². The average Bonchev–Trinajstić information content (AvgIpc) is 2.73. The fraction of sp³-hybridized carbons (Fsp3) is 0.143. The molecule has 0 fully saturated rings. The molecule has 0 aliphatic rings. The Labute approximate surface area is 170 Å². The van der Waals surface area contributed by atoms with Gasteiger partial charge in [0, 0.05) is 5.02 Å². The molecule has 0 amide bonds. The van der Waals surface area contributed by atoms with E-state index in [1.165, 1.54) is 19.2 Å². The second kappa shape index (κ2) is 8.75. The van der Waals surface area contributed by atoms with Crippen molar-refractivity contribution in [1.82, 2.24) is 4.72 Å². The van der Waals surface area contributed by atoms with Crippen LogP contribution >= 0.6 is 11.6 Å². The van der Waals surface area contributed by atoms with Gasteiger partial charge < -0.3 is 10.5 Å². The molecule has 0 aliphatic heterocycles. The lowest BCUT2D eigenvalue weighted by Crippen LogP contribution is -2.36. The number of methoxy groups -OCH3 is 1. The quantitative estimate of drug-likeness (QED) is 0.608. The Morgan fingerprint density at radius 1 is 0.929 bits per heavy atom. The van der Waals surface area contributed by atoms with Gasteiger partial charge in [0.15, 0.2) is 0 Å². The molecule has 0 aliphatic carbocycles. The van der Waals surface area contributed by atoms with E-state index in [0.29, 0.717) is 5.02 Å². The van der Waals surface area contributed by atoms with Gasteiger partial charge in [0.2, 0.25) is 10.0 Å². The molecule has 3 N–H and O–H groups in total.